The molecule has 1 heterocycles. The second kappa shape index (κ2) is 10.9. The molecular formula is C19H26F2N4O2S. The van der Waals surface area contributed by atoms with Crippen molar-refractivity contribution in [1.29, 1.82) is 0 Å². The van der Waals surface area contributed by atoms with Crippen LogP contribution in [0.1, 0.15) is 34.2 Å². The second-order valence-electron chi connectivity index (χ2n) is 6.10. The zero-order chi connectivity index (χ0) is 20.5. The van der Waals surface area contributed by atoms with Gasteiger partial charge in [-0.05, 0) is 38.5 Å². The molecule has 0 saturated carbocycles. The van der Waals surface area contributed by atoms with Crippen LogP contribution in [0.15, 0.2) is 29.3 Å². The number of aryl methyl sites for hydroxylation is 2. The summed E-state index contributed by atoms with van der Waals surface area (Å²) in [6, 6.07) is 5.90. The molecular weight excluding hydrogens is 386 g/mol. The molecule has 0 aliphatic rings. The number of ether oxygens (including phenoxy) is 1. The molecule has 2 rings (SSSR count). The van der Waals surface area contributed by atoms with E-state index in [9.17, 15) is 13.9 Å². The van der Waals surface area contributed by atoms with Crippen LogP contribution in [0.25, 0.3) is 0 Å². The summed E-state index contributed by atoms with van der Waals surface area (Å²) in [5, 5.41) is 17.7. The van der Waals surface area contributed by atoms with Crippen LogP contribution >= 0.6 is 11.3 Å². The van der Waals surface area contributed by atoms with Crippen molar-refractivity contribution >= 4 is 17.3 Å². The van der Waals surface area contributed by atoms with Crippen LogP contribution in [0.5, 0.6) is 5.75 Å². The number of benzene rings is 1. The fraction of sp³-hybridized carbons (Fsp3) is 0.474. The number of nitrogens with one attached hydrogen (secondary N) is 2. The molecule has 0 saturated heterocycles. The zero-order valence-electron chi connectivity index (χ0n) is 16.2. The molecule has 0 spiro atoms. The van der Waals surface area contributed by atoms with Crippen molar-refractivity contribution in [3.05, 3.63) is 45.4 Å². The molecule has 0 bridgehead atoms. The van der Waals surface area contributed by atoms with Crippen molar-refractivity contribution < 1.29 is 18.6 Å². The summed E-state index contributed by atoms with van der Waals surface area (Å²) in [5.41, 5.74) is 1.64. The van der Waals surface area contributed by atoms with E-state index in [4.69, 9.17) is 0 Å². The average molecular weight is 413 g/mol. The number of aliphatic imine (C=N–C) groups is 1. The summed E-state index contributed by atoms with van der Waals surface area (Å²) in [6.45, 7) is 4.63. The van der Waals surface area contributed by atoms with Crippen LogP contribution in [-0.2, 0) is 6.42 Å². The number of nitrogens with zero attached hydrogens (tertiary/aromatic N) is 2. The smallest absolute Gasteiger partial charge is 0.387 e. The average Bonchev–Trinajstić information content (AvgIpc) is 2.96. The van der Waals surface area contributed by atoms with Crippen molar-refractivity contribution in [2.24, 2.45) is 4.99 Å². The molecule has 3 N–H and O–H groups in total. The quantitative estimate of drug-likeness (QED) is 0.436. The highest BCUT2D eigenvalue weighted by molar-refractivity contribution is 7.11. The van der Waals surface area contributed by atoms with Crippen LogP contribution < -0.4 is 15.4 Å². The molecule has 0 aliphatic carbocycles. The SMILES string of the molecule is CCNC(=NCC(O)c1ccc(OC(F)F)cc1)NCCc1sc(C)nc1C. The molecule has 0 fully saturated rings. The minimum atomic E-state index is -2.87. The highest BCUT2D eigenvalue weighted by Crippen LogP contribution is 2.20. The predicted molar refractivity (Wildman–Crippen MR) is 107 cm³/mol. The van der Waals surface area contributed by atoms with Gasteiger partial charge >= 0.3 is 6.61 Å². The van der Waals surface area contributed by atoms with Crippen molar-refractivity contribution in [1.82, 2.24) is 15.6 Å². The molecule has 2 aromatic rings. The number of guanidine groups is 1. The Morgan fingerprint density at radius 3 is 2.54 bits per heavy atom. The number of aromatic nitrogens is 1. The molecule has 154 valence electrons. The van der Waals surface area contributed by atoms with Crippen LogP contribution in [-0.4, -0.2) is 42.3 Å². The summed E-state index contributed by atoms with van der Waals surface area (Å²) in [6.07, 6.45) is -0.00180. The molecule has 9 heteroatoms. The predicted octanol–water partition coefficient (Wildman–Crippen LogP) is 3.19. The molecule has 0 radical (unpaired) electrons. The third kappa shape index (κ3) is 7.05. The fourth-order valence-corrected chi connectivity index (χ4v) is 3.53. The lowest BCUT2D eigenvalue weighted by atomic mass is 10.1. The summed E-state index contributed by atoms with van der Waals surface area (Å²) in [4.78, 5) is 10.1. The van der Waals surface area contributed by atoms with E-state index in [1.807, 2.05) is 20.8 Å². The lowest BCUT2D eigenvalue weighted by molar-refractivity contribution is -0.0498. The molecule has 28 heavy (non-hydrogen) atoms. The van der Waals surface area contributed by atoms with Gasteiger partial charge in [-0.1, -0.05) is 12.1 Å². The number of hydrogen-bond acceptors (Lipinski definition) is 5. The lowest BCUT2D eigenvalue weighted by Crippen LogP contribution is -2.38. The first-order chi connectivity index (χ1) is 13.4. The van der Waals surface area contributed by atoms with Gasteiger partial charge in [-0.3, -0.25) is 4.99 Å². The van der Waals surface area contributed by atoms with E-state index >= 15 is 0 Å². The first-order valence-electron chi connectivity index (χ1n) is 9.07. The van der Waals surface area contributed by atoms with E-state index in [0.29, 0.717) is 24.6 Å². The Morgan fingerprint density at radius 2 is 1.96 bits per heavy atom. The molecule has 6 nitrogen and oxygen atoms in total. The van der Waals surface area contributed by atoms with Gasteiger partial charge < -0.3 is 20.5 Å². The Labute approximate surface area is 167 Å². The minimum absolute atomic E-state index is 0.0538. The van der Waals surface area contributed by atoms with Gasteiger partial charge in [0.05, 0.1) is 23.4 Å². The summed E-state index contributed by atoms with van der Waals surface area (Å²) in [7, 11) is 0. The van der Waals surface area contributed by atoms with Gasteiger partial charge in [-0.15, -0.1) is 11.3 Å². The number of alkyl halides is 2. The van der Waals surface area contributed by atoms with Gasteiger partial charge in [0.25, 0.3) is 0 Å². The standard InChI is InChI=1S/C19H26F2N4O2S/c1-4-22-19(23-10-9-17-12(2)25-13(3)28-17)24-11-16(26)14-5-7-15(8-6-14)27-18(20)21/h5-8,16,18,26H,4,9-11H2,1-3H3,(H2,22,23,24). The molecule has 1 unspecified atom stereocenters. The summed E-state index contributed by atoms with van der Waals surface area (Å²) < 4.78 is 28.7. The molecule has 1 aromatic carbocycles. The Hall–Kier alpha value is -2.26. The van der Waals surface area contributed by atoms with Crippen LogP contribution in [0.3, 0.4) is 0 Å². The highest BCUT2D eigenvalue weighted by Gasteiger charge is 2.10. The van der Waals surface area contributed by atoms with Crippen molar-refractivity contribution in [3.8, 4) is 5.75 Å². The summed E-state index contributed by atoms with van der Waals surface area (Å²) >= 11 is 1.69. The van der Waals surface area contributed by atoms with E-state index in [1.165, 1.54) is 17.0 Å². The molecule has 0 amide bonds. The first kappa shape index (κ1) is 22.0. The number of rotatable bonds is 9. The minimum Gasteiger partial charge on any atom is -0.435 e. The Morgan fingerprint density at radius 1 is 1.25 bits per heavy atom. The van der Waals surface area contributed by atoms with Crippen LogP contribution in [0.2, 0.25) is 0 Å². The number of aliphatic hydroxyl groups excluding tert-OH is 1. The van der Waals surface area contributed by atoms with E-state index in [2.05, 4.69) is 25.3 Å². The second-order valence-corrected chi connectivity index (χ2v) is 7.39. The fourth-order valence-electron chi connectivity index (χ4n) is 2.60. The van der Waals surface area contributed by atoms with Crippen molar-refractivity contribution in [3.63, 3.8) is 0 Å². The van der Waals surface area contributed by atoms with Crippen LogP contribution in [0, 0.1) is 13.8 Å². The molecule has 1 atom stereocenters. The topological polar surface area (TPSA) is 78.8 Å². The third-order valence-electron chi connectivity index (χ3n) is 3.90. The number of halogens is 2. The van der Waals surface area contributed by atoms with E-state index < -0.39 is 12.7 Å². The maximum Gasteiger partial charge on any atom is 0.387 e. The van der Waals surface area contributed by atoms with Gasteiger partial charge in [0, 0.05) is 24.4 Å². The molecule has 0 aliphatic heterocycles. The maximum absolute atomic E-state index is 12.2. The van der Waals surface area contributed by atoms with Gasteiger partial charge in [0.1, 0.15) is 5.75 Å². The summed E-state index contributed by atoms with van der Waals surface area (Å²) in [5.74, 6) is 0.663. The van der Waals surface area contributed by atoms with Gasteiger partial charge in [-0.2, -0.15) is 8.78 Å². The monoisotopic (exact) mass is 412 g/mol. The van der Waals surface area contributed by atoms with E-state index in [1.54, 1.807) is 23.5 Å². The Kier molecular flexibility index (Phi) is 8.59. The van der Waals surface area contributed by atoms with E-state index in [-0.39, 0.29) is 12.3 Å². The largest absolute Gasteiger partial charge is 0.435 e. The number of hydrogen-bond donors (Lipinski definition) is 3. The number of thiazole rings is 1. The normalized spacial score (nSPS) is 12.9. The van der Waals surface area contributed by atoms with Crippen LogP contribution in [0.4, 0.5) is 8.78 Å². The lowest BCUT2D eigenvalue weighted by Gasteiger charge is -2.13. The third-order valence-corrected chi connectivity index (χ3v) is 5.03. The molecule has 1 aromatic heterocycles. The first-order valence-corrected chi connectivity index (χ1v) is 9.88. The van der Waals surface area contributed by atoms with Gasteiger partial charge in [-0.25, -0.2) is 4.98 Å². The Bertz CT molecular complexity index is 766. The van der Waals surface area contributed by atoms with Crippen molar-refractivity contribution in [2.75, 3.05) is 19.6 Å². The zero-order valence-corrected chi connectivity index (χ0v) is 17.0. The number of aliphatic hydroxyl groups is 1. The van der Waals surface area contributed by atoms with Crippen molar-refractivity contribution in [2.45, 2.75) is 39.9 Å². The maximum atomic E-state index is 12.2. The highest BCUT2D eigenvalue weighted by atomic mass is 32.1. The van der Waals surface area contributed by atoms with Gasteiger partial charge in [0.15, 0.2) is 5.96 Å². The van der Waals surface area contributed by atoms with E-state index in [0.717, 1.165) is 17.1 Å². The Balaban J connectivity index is 1.88. The van der Waals surface area contributed by atoms with Gasteiger partial charge in [0.2, 0.25) is 0 Å².